The van der Waals surface area contributed by atoms with Crippen LogP contribution in [0.1, 0.15) is 54.3 Å². The molecule has 0 amide bonds. The number of carbonyl (C=O) groups is 1. The van der Waals surface area contributed by atoms with Crippen LogP contribution in [0.4, 0.5) is 0 Å². The van der Waals surface area contributed by atoms with Gasteiger partial charge in [0.15, 0.2) is 5.69 Å². The van der Waals surface area contributed by atoms with Gasteiger partial charge in [-0.15, -0.1) is 0 Å². The molecule has 0 bridgehead atoms. The second kappa shape index (κ2) is 4.44. The van der Waals surface area contributed by atoms with Gasteiger partial charge in [0, 0.05) is 5.92 Å². The first-order valence-corrected chi connectivity index (χ1v) is 6.51. The molecule has 0 spiro atoms. The van der Waals surface area contributed by atoms with Crippen LogP contribution in [0.2, 0.25) is 0 Å². The molecule has 0 aliphatic carbocycles. The number of imidazole rings is 1. The summed E-state index contributed by atoms with van der Waals surface area (Å²) in [5.74, 6) is -0.819. The lowest BCUT2D eigenvalue weighted by atomic mass is 10.0. The van der Waals surface area contributed by atoms with Crippen molar-refractivity contribution in [3.05, 3.63) is 16.4 Å². The molecule has 5 nitrogen and oxygen atoms in total. The predicted octanol–water partition coefficient (Wildman–Crippen LogP) is 2.56. The van der Waals surface area contributed by atoms with Crippen LogP contribution in [0, 0.1) is 0 Å². The average Bonchev–Trinajstić information content (AvgIpc) is 2.83. The third-order valence-electron chi connectivity index (χ3n) is 2.86. The first kappa shape index (κ1) is 12.0. The SMILES string of the molecule is CCc1nn2c(C(=O)O)c(C(C)CC)nc2s1. The molecule has 17 heavy (non-hydrogen) atoms. The molecule has 0 saturated heterocycles. The summed E-state index contributed by atoms with van der Waals surface area (Å²) in [5.41, 5.74) is 0.853. The van der Waals surface area contributed by atoms with Crippen LogP contribution >= 0.6 is 11.3 Å². The molecule has 92 valence electrons. The van der Waals surface area contributed by atoms with Crippen molar-refractivity contribution >= 4 is 22.3 Å². The Labute approximate surface area is 103 Å². The minimum Gasteiger partial charge on any atom is -0.476 e. The maximum Gasteiger partial charge on any atom is 0.356 e. The van der Waals surface area contributed by atoms with Crippen molar-refractivity contribution in [3.63, 3.8) is 0 Å². The monoisotopic (exact) mass is 253 g/mol. The number of aromatic carboxylic acids is 1. The maximum atomic E-state index is 11.3. The fourth-order valence-corrected chi connectivity index (χ4v) is 2.52. The topological polar surface area (TPSA) is 67.5 Å². The van der Waals surface area contributed by atoms with Gasteiger partial charge in [-0.2, -0.15) is 9.61 Å². The number of rotatable bonds is 4. The minimum absolute atomic E-state index is 0.139. The molecule has 1 atom stereocenters. The molecule has 0 aliphatic rings. The Morgan fingerprint density at radius 1 is 1.53 bits per heavy atom. The zero-order valence-electron chi connectivity index (χ0n) is 10.1. The van der Waals surface area contributed by atoms with Crippen LogP contribution in [0.25, 0.3) is 4.96 Å². The smallest absolute Gasteiger partial charge is 0.356 e. The number of aromatic nitrogens is 3. The Bertz CT molecular complexity index is 558. The summed E-state index contributed by atoms with van der Waals surface area (Å²) in [5, 5.41) is 14.5. The van der Waals surface area contributed by atoms with Crippen LogP contribution in [0.15, 0.2) is 0 Å². The first-order valence-electron chi connectivity index (χ1n) is 5.70. The fraction of sp³-hybridized carbons (Fsp3) is 0.545. The van der Waals surface area contributed by atoms with Gasteiger partial charge in [0.1, 0.15) is 5.01 Å². The van der Waals surface area contributed by atoms with Crippen molar-refractivity contribution in [3.8, 4) is 0 Å². The molecule has 2 heterocycles. The van der Waals surface area contributed by atoms with Crippen molar-refractivity contribution in [2.75, 3.05) is 0 Å². The molecule has 2 rings (SSSR count). The number of nitrogens with zero attached hydrogens (tertiary/aromatic N) is 3. The molecule has 1 unspecified atom stereocenters. The van der Waals surface area contributed by atoms with Crippen LogP contribution in [-0.4, -0.2) is 25.7 Å². The molecule has 2 aromatic heterocycles. The van der Waals surface area contributed by atoms with E-state index in [1.54, 1.807) is 0 Å². The lowest BCUT2D eigenvalue weighted by Crippen LogP contribution is -2.08. The molecule has 0 saturated carbocycles. The van der Waals surface area contributed by atoms with Gasteiger partial charge in [0.05, 0.1) is 5.69 Å². The number of hydrogen-bond acceptors (Lipinski definition) is 4. The summed E-state index contributed by atoms with van der Waals surface area (Å²) < 4.78 is 1.47. The Kier molecular flexibility index (Phi) is 3.15. The van der Waals surface area contributed by atoms with E-state index in [1.165, 1.54) is 15.9 Å². The Morgan fingerprint density at radius 3 is 2.76 bits per heavy atom. The van der Waals surface area contributed by atoms with E-state index in [2.05, 4.69) is 10.1 Å². The van der Waals surface area contributed by atoms with Gasteiger partial charge < -0.3 is 5.11 Å². The summed E-state index contributed by atoms with van der Waals surface area (Å²) in [4.78, 5) is 16.4. The number of fused-ring (bicyclic) bond motifs is 1. The van der Waals surface area contributed by atoms with Gasteiger partial charge in [0.25, 0.3) is 0 Å². The van der Waals surface area contributed by atoms with Crippen LogP contribution in [0.3, 0.4) is 0 Å². The average molecular weight is 253 g/mol. The highest BCUT2D eigenvalue weighted by molar-refractivity contribution is 7.16. The van der Waals surface area contributed by atoms with E-state index in [0.717, 1.165) is 17.8 Å². The van der Waals surface area contributed by atoms with Crippen molar-refractivity contribution < 1.29 is 9.90 Å². The number of carboxylic acid groups (broad SMARTS) is 1. The lowest BCUT2D eigenvalue weighted by molar-refractivity contribution is 0.0686. The Morgan fingerprint density at radius 2 is 2.24 bits per heavy atom. The summed E-state index contributed by atoms with van der Waals surface area (Å²) in [6, 6.07) is 0. The molecule has 0 fully saturated rings. The van der Waals surface area contributed by atoms with Gasteiger partial charge in [-0.1, -0.05) is 32.1 Å². The van der Waals surface area contributed by atoms with E-state index in [1.807, 2.05) is 20.8 Å². The normalized spacial score (nSPS) is 13.1. The molecule has 2 aromatic rings. The highest BCUT2D eigenvalue weighted by atomic mass is 32.1. The quantitative estimate of drug-likeness (QED) is 0.909. The zero-order valence-corrected chi connectivity index (χ0v) is 10.9. The standard InChI is InChI=1S/C11H15N3O2S/c1-4-6(3)8-9(10(15)16)14-11(12-8)17-7(5-2)13-14/h6H,4-5H2,1-3H3,(H,15,16). The third-order valence-corrected chi connectivity index (χ3v) is 3.91. The predicted molar refractivity (Wildman–Crippen MR) is 65.9 cm³/mol. The van der Waals surface area contributed by atoms with E-state index < -0.39 is 5.97 Å². The van der Waals surface area contributed by atoms with Gasteiger partial charge in [-0.3, -0.25) is 0 Å². The molecular weight excluding hydrogens is 238 g/mol. The van der Waals surface area contributed by atoms with Gasteiger partial charge in [-0.25, -0.2) is 9.78 Å². The van der Waals surface area contributed by atoms with Crippen molar-refractivity contribution in [1.82, 2.24) is 14.6 Å². The Hall–Kier alpha value is -1.43. The van der Waals surface area contributed by atoms with E-state index in [9.17, 15) is 9.90 Å². The Balaban J connectivity index is 2.65. The molecule has 0 aromatic carbocycles. The van der Waals surface area contributed by atoms with E-state index in [-0.39, 0.29) is 11.6 Å². The van der Waals surface area contributed by atoms with Crippen LogP contribution < -0.4 is 0 Å². The summed E-state index contributed by atoms with van der Waals surface area (Å²) in [7, 11) is 0. The summed E-state index contributed by atoms with van der Waals surface area (Å²) in [6.07, 6.45) is 1.66. The molecule has 0 radical (unpaired) electrons. The highest BCUT2D eigenvalue weighted by Gasteiger charge is 2.24. The van der Waals surface area contributed by atoms with Crippen molar-refractivity contribution in [2.24, 2.45) is 0 Å². The van der Waals surface area contributed by atoms with E-state index in [0.29, 0.717) is 10.7 Å². The molecule has 6 heteroatoms. The van der Waals surface area contributed by atoms with Crippen LogP contribution in [0.5, 0.6) is 0 Å². The fourth-order valence-electron chi connectivity index (χ4n) is 1.68. The zero-order chi connectivity index (χ0) is 12.6. The summed E-state index contributed by atoms with van der Waals surface area (Å²) in [6.45, 7) is 6.00. The molecule has 1 N–H and O–H groups in total. The number of aryl methyl sites for hydroxylation is 1. The summed E-state index contributed by atoms with van der Waals surface area (Å²) >= 11 is 1.45. The minimum atomic E-state index is -0.958. The van der Waals surface area contributed by atoms with E-state index in [4.69, 9.17) is 0 Å². The molecule has 0 aliphatic heterocycles. The second-order valence-electron chi connectivity index (χ2n) is 4.00. The second-order valence-corrected chi connectivity index (χ2v) is 5.04. The maximum absolute atomic E-state index is 11.3. The van der Waals surface area contributed by atoms with Gasteiger partial charge in [0.2, 0.25) is 4.96 Å². The largest absolute Gasteiger partial charge is 0.476 e. The first-order chi connectivity index (χ1) is 8.08. The third kappa shape index (κ3) is 1.93. The number of hydrogen-bond donors (Lipinski definition) is 1. The van der Waals surface area contributed by atoms with Crippen molar-refractivity contribution in [2.45, 2.75) is 39.5 Å². The highest BCUT2D eigenvalue weighted by Crippen LogP contribution is 2.26. The van der Waals surface area contributed by atoms with Crippen molar-refractivity contribution in [1.29, 1.82) is 0 Å². The van der Waals surface area contributed by atoms with E-state index >= 15 is 0 Å². The van der Waals surface area contributed by atoms with Gasteiger partial charge >= 0.3 is 5.97 Å². The molecular formula is C11H15N3O2S. The lowest BCUT2D eigenvalue weighted by Gasteiger charge is -2.05. The van der Waals surface area contributed by atoms with Crippen LogP contribution in [-0.2, 0) is 6.42 Å². The number of carboxylic acids is 1. The van der Waals surface area contributed by atoms with Gasteiger partial charge in [-0.05, 0) is 12.8 Å².